The van der Waals surface area contributed by atoms with Gasteiger partial charge in [0.15, 0.2) is 5.82 Å². The maximum atomic E-state index is 15.0. The first-order valence-electron chi connectivity index (χ1n) is 7.96. The Labute approximate surface area is 142 Å². The molecule has 1 amide bonds. The summed E-state index contributed by atoms with van der Waals surface area (Å²) in [6.07, 6.45) is 5.17. The van der Waals surface area contributed by atoms with Crippen molar-refractivity contribution < 1.29 is 18.5 Å². The number of nitrogens with zero attached hydrogens (tertiary/aromatic N) is 1. The van der Waals surface area contributed by atoms with Crippen LogP contribution in [0, 0.1) is 5.82 Å². The van der Waals surface area contributed by atoms with Crippen molar-refractivity contribution in [3.63, 3.8) is 0 Å². The summed E-state index contributed by atoms with van der Waals surface area (Å²) in [5.41, 5.74) is 0.951. The van der Waals surface area contributed by atoms with Crippen LogP contribution in [0.15, 0.2) is 18.2 Å². The topological polar surface area (TPSA) is 81.7 Å². The molecule has 1 aromatic rings. The molecule has 0 spiro atoms. The molecule has 2 heterocycles. The molecular formula is C16H20FN3O3S. The Morgan fingerprint density at radius 1 is 1.46 bits per heavy atom. The summed E-state index contributed by atoms with van der Waals surface area (Å²) >= 11 is -1.88. The van der Waals surface area contributed by atoms with Crippen LogP contribution in [-0.2, 0) is 16.0 Å². The van der Waals surface area contributed by atoms with Gasteiger partial charge in [-0.25, -0.2) is 8.60 Å². The Morgan fingerprint density at radius 3 is 2.92 bits per heavy atom. The smallest absolute Gasteiger partial charge is 0.253 e. The van der Waals surface area contributed by atoms with E-state index in [2.05, 4.69) is 17.0 Å². The molecule has 1 fully saturated rings. The summed E-state index contributed by atoms with van der Waals surface area (Å²) in [6, 6.07) is 3.09. The van der Waals surface area contributed by atoms with Crippen molar-refractivity contribution in [2.45, 2.75) is 32.2 Å². The van der Waals surface area contributed by atoms with Crippen LogP contribution >= 0.6 is 0 Å². The molecule has 0 bridgehead atoms. The van der Waals surface area contributed by atoms with Crippen molar-refractivity contribution in [1.29, 1.82) is 0 Å². The predicted molar refractivity (Wildman–Crippen MR) is 91.0 cm³/mol. The van der Waals surface area contributed by atoms with Crippen molar-refractivity contribution >= 4 is 28.3 Å². The molecule has 3 rings (SSSR count). The Balaban J connectivity index is 1.92. The first-order chi connectivity index (χ1) is 11.5. The van der Waals surface area contributed by atoms with Crippen LogP contribution < -0.4 is 14.3 Å². The summed E-state index contributed by atoms with van der Waals surface area (Å²) in [6.45, 7) is 2.41. The number of carbonyl (C=O) groups is 1. The highest BCUT2D eigenvalue weighted by Crippen LogP contribution is 2.37. The van der Waals surface area contributed by atoms with E-state index in [-0.39, 0.29) is 24.0 Å². The Bertz CT molecular complexity index is 723. The van der Waals surface area contributed by atoms with Crippen molar-refractivity contribution in [3.05, 3.63) is 29.6 Å². The van der Waals surface area contributed by atoms with Crippen LogP contribution in [0.5, 0.6) is 5.75 Å². The number of phenolic OH excluding ortho intramolecular Hbond substituents is 1. The lowest BCUT2D eigenvalue weighted by Crippen LogP contribution is -2.24. The van der Waals surface area contributed by atoms with E-state index in [4.69, 9.17) is 0 Å². The van der Waals surface area contributed by atoms with E-state index < -0.39 is 22.9 Å². The van der Waals surface area contributed by atoms with Gasteiger partial charge < -0.3 is 10.4 Å². The number of benzene rings is 1. The normalized spacial score (nSPS) is 23.5. The quantitative estimate of drug-likeness (QED) is 0.751. The van der Waals surface area contributed by atoms with Gasteiger partial charge in [0.05, 0.1) is 0 Å². The second-order valence-corrected chi connectivity index (χ2v) is 7.07. The number of anilines is 1. The van der Waals surface area contributed by atoms with Crippen LogP contribution in [0.3, 0.4) is 0 Å². The molecule has 2 aliphatic heterocycles. The van der Waals surface area contributed by atoms with E-state index in [1.54, 1.807) is 0 Å². The standard InChI is InChI=1S/C16H20FN3O3S/c1-2-3-4-11-7-10(8-18-11)12-5-6-13(21)16(15(12)17)20-9-14(22)19-24(20)23/h5-7,11,18,21H,2-4,8-9H2,1H3,(H,19,22). The Kier molecular flexibility index (Phi) is 4.86. The van der Waals surface area contributed by atoms with Gasteiger partial charge in [-0.2, -0.15) is 0 Å². The van der Waals surface area contributed by atoms with Gasteiger partial charge in [-0.1, -0.05) is 25.8 Å². The van der Waals surface area contributed by atoms with Gasteiger partial charge in [-0.05, 0) is 24.1 Å². The lowest BCUT2D eigenvalue weighted by atomic mass is 10.0. The first kappa shape index (κ1) is 16.9. The Morgan fingerprint density at radius 2 is 2.25 bits per heavy atom. The number of nitrogens with one attached hydrogen (secondary N) is 2. The number of phenols is 1. The summed E-state index contributed by atoms with van der Waals surface area (Å²) in [4.78, 5) is 11.4. The van der Waals surface area contributed by atoms with E-state index in [1.807, 2.05) is 6.08 Å². The number of amides is 1. The number of rotatable bonds is 5. The summed E-state index contributed by atoms with van der Waals surface area (Å²) in [7, 11) is 0. The van der Waals surface area contributed by atoms with Crippen LogP contribution in [0.25, 0.3) is 5.57 Å². The van der Waals surface area contributed by atoms with Gasteiger partial charge in [0, 0.05) is 18.2 Å². The zero-order valence-corrected chi connectivity index (χ0v) is 14.2. The fraction of sp³-hybridized carbons (Fsp3) is 0.438. The highest BCUT2D eigenvalue weighted by molar-refractivity contribution is 7.85. The van der Waals surface area contributed by atoms with Crippen molar-refractivity contribution in [2.75, 3.05) is 17.4 Å². The van der Waals surface area contributed by atoms with Crippen LogP contribution in [0.2, 0.25) is 0 Å². The number of hydrogen-bond acceptors (Lipinski definition) is 4. The highest BCUT2D eigenvalue weighted by Gasteiger charge is 2.32. The van der Waals surface area contributed by atoms with Gasteiger partial charge in [0.25, 0.3) is 5.91 Å². The third-order valence-corrected chi connectivity index (χ3v) is 5.32. The molecule has 2 atom stereocenters. The third-order valence-electron chi connectivity index (χ3n) is 4.20. The summed E-state index contributed by atoms with van der Waals surface area (Å²) in [5.74, 6) is -1.47. The highest BCUT2D eigenvalue weighted by atomic mass is 32.2. The molecule has 6 nitrogen and oxygen atoms in total. The second-order valence-electron chi connectivity index (χ2n) is 5.93. The number of carbonyl (C=O) groups excluding carboxylic acids is 1. The molecule has 24 heavy (non-hydrogen) atoms. The van der Waals surface area contributed by atoms with Crippen LogP contribution in [0.1, 0.15) is 31.7 Å². The van der Waals surface area contributed by atoms with Crippen molar-refractivity contribution in [3.8, 4) is 5.75 Å². The third kappa shape index (κ3) is 3.16. The molecule has 8 heteroatoms. The van der Waals surface area contributed by atoms with E-state index in [9.17, 15) is 18.5 Å². The molecule has 0 radical (unpaired) electrons. The van der Waals surface area contributed by atoms with Gasteiger partial charge in [-0.3, -0.25) is 13.8 Å². The average molecular weight is 353 g/mol. The maximum Gasteiger partial charge on any atom is 0.253 e. The monoisotopic (exact) mass is 353 g/mol. The predicted octanol–water partition coefficient (Wildman–Crippen LogP) is 1.59. The second kappa shape index (κ2) is 6.90. The molecule has 1 saturated heterocycles. The van der Waals surface area contributed by atoms with Gasteiger partial charge in [0.2, 0.25) is 11.2 Å². The van der Waals surface area contributed by atoms with Gasteiger partial charge >= 0.3 is 0 Å². The van der Waals surface area contributed by atoms with Gasteiger partial charge in [0.1, 0.15) is 18.0 Å². The van der Waals surface area contributed by atoms with Gasteiger partial charge in [-0.15, -0.1) is 0 Å². The number of unbranched alkanes of at least 4 members (excludes halogenated alkanes) is 1. The number of hydrogen-bond donors (Lipinski definition) is 3. The van der Waals surface area contributed by atoms with E-state index in [1.165, 1.54) is 12.1 Å². The van der Waals surface area contributed by atoms with Crippen LogP contribution in [-0.4, -0.2) is 34.4 Å². The fourth-order valence-electron chi connectivity index (χ4n) is 2.97. The minimum atomic E-state index is -1.88. The molecule has 0 aromatic heterocycles. The zero-order valence-electron chi connectivity index (χ0n) is 13.3. The Hall–Kier alpha value is -1.93. The molecule has 0 aliphatic carbocycles. The lowest BCUT2D eigenvalue weighted by Gasteiger charge is -2.18. The molecule has 0 saturated carbocycles. The molecular weight excluding hydrogens is 333 g/mol. The zero-order chi connectivity index (χ0) is 17.3. The van der Waals surface area contributed by atoms with E-state index in [0.717, 1.165) is 29.1 Å². The molecule has 2 unspecified atom stereocenters. The largest absolute Gasteiger partial charge is 0.506 e. The van der Waals surface area contributed by atoms with Crippen molar-refractivity contribution in [2.24, 2.45) is 0 Å². The molecule has 130 valence electrons. The fourth-order valence-corrected chi connectivity index (χ4v) is 3.92. The minimum Gasteiger partial charge on any atom is -0.506 e. The van der Waals surface area contributed by atoms with Crippen molar-refractivity contribution in [1.82, 2.24) is 10.0 Å². The number of aromatic hydroxyl groups is 1. The summed E-state index contributed by atoms with van der Waals surface area (Å²) < 4.78 is 30.1. The molecule has 3 N–H and O–H groups in total. The first-order valence-corrected chi connectivity index (χ1v) is 9.06. The van der Waals surface area contributed by atoms with Crippen LogP contribution in [0.4, 0.5) is 10.1 Å². The van der Waals surface area contributed by atoms with E-state index in [0.29, 0.717) is 12.1 Å². The van der Waals surface area contributed by atoms with E-state index >= 15 is 0 Å². The SMILES string of the molecule is CCCCC1C=C(c2ccc(O)c(N3CC(=O)NS3=O)c2F)CN1. The lowest BCUT2D eigenvalue weighted by molar-refractivity contribution is -0.117. The summed E-state index contributed by atoms with van der Waals surface area (Å²) in [5, 5.41) is 13.3. The number of halogens is 1. The molecule has 1 aromatic carbocycles. The molecule has 2 aliphatic rings. The average Bonchev–Trinajstić information content (AvgIpc) is 3.12. The maximum absolute atomic E-state index is 15.0. The minimum absolute atomic E-state index is 0.206.